The summed E-state index contributed by atoms with van der Waals surface area (Å²) in [5.41, 5.74) is 0. The summed E-state index contributed by atoms with van der Waals surface area (Å²) in [7, 11) is 0. The van der Waals surface area contributed by atoms with E-state index in [9.17, 15) is 0 Å². The Morgan fingerprint density at radius 1 is 1.56 bits per heavy atom. The topological polar surface area (TPSA) is 0 Å². The summed E-state index contributed by atoms with van der Waals surface area (Å²) < 4.78 is 0. The molecule has 0 saturated carbocycles. The molecule has 0 amide bonds. The van der Waals surface area contributed by atoms with Gasteiger partial charge in [-0.2, -0.15) is 11.8 Å². The van der Waals surface area contributed by atoms with Crippen molar-refractivity contribution in [3.63, 3.8) is 0 Å². The van der Waals surface area contributed by atoms with E-state index >= 15 is 0 Å². The van der Waals surface area contributed by atoms with E-state index in [0.717, 1.165) is 11.2 Å². The minimum Gasteiger partial charge on any atom is -0.161 e. The summed E-state index contributed by atoms with van der Waals surface area (Å²) in [5.74, 6) is 3.47. The molecule has 56 valence electrons. The van der Waals surface area contributed by atoms with Crippen molar-refractivity contribution in [1.82, 2.24) is 0 Å². The van der Waals surface area contributed by atoms with Crippen LogP contribution in [0.15, 0.2) is 0 Å². The van der Waals surface area contributed by atoms with Gasteiger partial charge in [-0.25, -0.2) is 0 Å². The highest BCUT2D eigenvalue weighted by Crippen LogP contribution is 2.10. The molecule has 1 atom stereocenters. The molecule has 0 aromatic heterocycles. The van der Waals surface area contributed by atoms with Crippen LogP contribution >= 0.6 is 27.7 Å². The summed E-state index contributed by atoms with van der Waals surface area (Å²) in [4.78, 5) is 0. The maximum absolute atomic E-state index is 3.40. The van der Waals surface area contributed by atoms with Crippen LogP contribution in [0.5, 0.6) is 0 Å². The minimum atomic E-state index is 0.897. The molecular formula is C7H15BrS. The van der Waals surface area contributed by atoms with E-state index in [1.807, 2.05) is 11.8 Å². The highest BCUT2D eigenvalue weighted by atomic mass is 79.9. The number of rotatable bonds is 5. The fourth-order valence-corrected chi connectivity index (χ4v) is 2.06. The fraction of sp³-hybridized carbons (Fsp3) is 1.00. The second-order valence-corrected chi connectivity index (χ2v) is 4.22. The van der Waals surface area contributed by atoms with Crippen LogP contribution < -0.4 is 0 Å². The SMILES string of the molecule is CCC(C)CSCCBr. The van der Waals surface area contributed by atoms with Crippen molar-refractivity contribution in [2.75, 3.05) is 16.8 Å². The van der Waals surface area contributed by atoms with Gasteiger partial charge in [-0.1, -0.05) is 36.2 Å². The third kappa shape index (κ3) is 6.72. The number of hydrogen-bond acceptors (Lipinski definition) is 1. The van der Waals surface area contributed by atoms with Crippen molar-refractivity contribution in [3.05, 3.63) is 0 Å². The Bertz CT molecular complexity index is 56.9. The second kappa shape index (κ2) is 6.94. The molecule has 1 unspecified atom stereocenters. The maximum Gasteiger partial charge on any atom is 0.0122 e. The lowest BCUT2D eigenvalue weighted by Crippen LogP contribution is -1.96. The molecule has 0 aromatic rings. The number of alkyl halides is 1. The average molecular weight is 211 g/mol. The first kappa shape index (κ1) is 9.83. The Balaban J connectivity index is 2.88. The molecule has 0 bridgehead atoms. The molecule has 0 fully saturated rings. The molecule has 0 heterocycles. The minimum absolute atomic E-state index is 0.897. The van der Waals surface area contributed by atoms with E-state index in [4.69, 9.17) is 0 Å². The van der Waals surface area contributed by atoms with Crippen molar-refractivity contribution in [2.24, 2.45) is 5.92 Å². The Morgan fingerprint density at radius 3 is 2.67 bits per heavy atom. The highest BCUT2D eigenvalue weighted by molar-refractivity contribution is 9.09. The number of thioether (sulfide) groups is 1. The lowest BCUT2D eigenvalue weighted by Gasteiger charge is -2.05. The Kier molecular flexibility index (Phi) is 7.58. The van der Waals surface area contributed by atoms with Gasteiger partial charge < -0.3 is 0 Å². The van der Waals surface area contributed by atoms with Gasteiger partial charge in [-0.15, -0.1) is 0 Å². The molecule has 0 saturated heterocycles. The molecule has 0 aliphatic carbocycles. The lowest BCUT2D eigenvalue weighted by atomic mass is 10.2. The van der Waals surface area contributed by atoms with E-state index in [1.165, 1.54) is 17.9 Å². The quantitative estimate of drug-likeness (QED) is 0.497. The predicted octanol–water partition coefficient (Wildman–Crippen LogP) is 3.16. The van der Waals surface area contributed by atoms with Crippen LogP contribution in [0.1, 0.15) is 20.3 Å². The molecule has 9 heavy (non-hydrogen) atoms. The van der Waals surface area contributed by atoms with Crippen LogP contribution in [-0.4, -0.2) is 16.8 Å². The first-order chi connectivity index (χ1) is 4.31. The zero-order valence-corrected chi connectivity index (χ0v) is 8.59. The Labute approximate surface area is 70.9 Å². The van der Waals surface area contributed by atoms with E-state index in [1.54, 1.807) is 0 Å². The van der Waals surface area contributed by atoms with Crippen molar-refractivity contribution in [1.29, 1.82) is 0 Å². The van der Waals surface area contributed by atoms with Gasteiger partial charge in [0, 0.05) is 11.1 Å². The van der Waals surface area contributed by atoms with Gasteiger partial charge in [0.15, 0.2) is 0 Å². The first-order valence-electron chi connectivity index (χ1n) is 3.45. The third-order valence-electron chi connectivity index (χ3n) is 1.32. The fourth-order valence-electron chi connectivity index (χ4n) is 0.457. The highest BCUT2D eigenvalue weighted by Gasteiger charge is 1.96. The number of hydrogen-bond donors (Lipinski definition) is 0. The van der Waals surface area contributed by atoms with Gasteiger partial charge in [0.2, 0.25) is 0 Å². The summed E-state index contributed by atoms with van der Waals surface area (Å²) in [5, 5.41) is 1.13. The molecule has 0 aliphatic heterocycles. The van der Waals surface area contributed by atoms with E-state index in [2.05, 4.69) is 29.8 Å². The van der Waals surface area contributed by atoms with Gasteiger partial charge in [-0.3, -0.25) is 0 Å². The van der Waals surface area contributed by atoms with Gasteiger partial charge in [0.25, 0.3) is 0 Å². The second-order valence-electron chi connectivity index (χ2n) is 2.28. The molecule has 0 radical (unpaired) electrons. The summed E-state index contributed by atoms with van der Waals surface area (Å²) in [6, 6.07) is 0. The monoisotopic (exact) mass is 210 g/mol. The van der Waals surface area contributed by atoms with Crippen LogP contribution in [0.3, 0.4) is 0 Å². The Morgan fingerprint density at radius 2 is 2.22 bits per heavy atom. The van der Waals surface area contributed by atoms with Crippen LogP contribution in [0.25, 0.3) is 0 Å². The molecule has 0 spiro atoms. The summed E-state index contributed by atoms with van der Waals surface area (Å²) >= 11 is 5.44. The third-order valence-corrected chi connectivity index (χ3v) is 3.54. The summed E-state index contributed by atoms with van der Waals surface area (Å²) in [6.45, 7) is 4.56. The smallest absolute Gasteiger partial charge is 0.0122 e. The predicted molar refractivity (Wildman–Crippen MR) is 50.6 cm³/mol. The molecule has 0 aromatic carbocycles. The largest absolute Gasteiger partial charge is 0.161 e. The standard InChI is InChI=1S/C7H15BrS/c1-3-7(2)6-9-5-4-8/h7H,3-6H2,1-2H3. The van der Waals surface area contributed by atoms with Crippen LogP contribution in [0.2, 0.25) is 0 Å². The van der Waals surface area contributed by atoms with Crippen molar-refractivity contribution < 1.29 is 0 Å². The Hall–Kier alpha value is 0.830. The molecular weight excluding hydrogens is 196 g/mol. The van der Waals surface area contributed by atoms with Gasteiger partial charge in [0.05, 0.1) is 0 Å². The molecule has 0 nitrogen and oxygen atoms in total. The average Bonchev–Trinajstić information content (AvgIpc) is 1.89. The zero-order chi connectivity index (χ0) is 7.11. The first-order valence-corrected chi connectivity index (χ1v) is 5.72. The van der Waals surface area contributed by atoms with Crippen LogP contribution in [-0.2, 0) is 0 Å². The van der Waals surface area contributed by atoms with Gasteiger partial charge in [-0.05, 0) is 11.7 Å². The molecule has 2 heteroatoms. The van der Waals surface area contributed by atoms with E-state index in [-0.39, 0.29) is 0 Å². The van der Waals surface area contributed by atoms with Gasteiger partial charge >= 0.3 is 0 Å². The normalized spacial score (nSPS) is 13.7. The zero-order valence-electron chi connectivity index (χ0n) is 6.19. The maximum atomic E-state index is 3.40. The van der Waals surface area contributed by atoms with E-state index in [0.29, 0.717) is 0 Å². The van der Waals surface area contributed by atoms with Crippen LogP contribution in [0.4, 0.5) is 0 Å². The lowest BCUT2D eigenvalue weighted by molar-refractivity contribution is 0.637. The van der Waals surface area contributed by atoms with Crippen molar-refractivity contribution in [3.8, 4) is 0 Å². The number of halogens is 1. The van der Waals surface area contributed by atoms with Crippen molar-refractivity contribution >= 4 is 27.7 Å². The van der Waals surface area contributed by atoms with Crippen molar-refractivity contribution in [2.45, 2.75) is 20.3 Å². The summed E-state index contributed by atoms with van der Waals surface area (Å²) in [6.07, 6.45) is 1.31. The van der Waals surface area contributed by atoms with Gasteiger partial charge in [0.1, 0.15) is 0 Å². The molecule has 0 rings (SSSR count). The molecule has 0 aliphatic rings. The molecule has 0 N–H and O–H groups in total. The van der Waals surface area contributed by atoms with Crippen LogP contribution in [0, 0.1) is 5.92 Å². The van der Waals surface area contributed by atoms with E-state index < -0.39 is 0 Å².